The van der Waals surface area contributed by atoms with Gasteiger partial charge in [-0.2, -0.15) is 0 Å². The Morgan fingerprint density at radius 1 is 0.933 bits per heavy atom. The number of ether oxygens (including phenoxy) is 1. The van der Waals surface area contributed by atoms with Crippen LogP contribution in [-0.2, 0) is 9.59 Å². The van der Waals surface area contributed by atoms with Crippen LogP contribution in [0.15, 0.2) is 36.4 Å². The molecule has 0 aliphatic heterocycles. The summed E-state index contributed by atoms with van der Waals surface area (Å²) in [7, 11) is 0. The zero-order chi connectivity index (χ0) is 22.7. The number of nitrogens with one attached hydrogen (secondary N) is 1. The highest BCUT2D eigenvalue weighted by molar-refractivity contribution is 5.94. The molecule has 162 valence electrons. The Hall–Kier alpha value is -3.95. The lowest BCUT2D eigenvalue weighted by molar-refractivity contribution is -0.137. The Kier molecular flexibility index (Phi) is 9.47. The zero-order valence-electron chi connectivity index (χ0n) is 16.2. The minimum absolute atomic E-state index is 0.0106. The molecule has 6 N–H and O–H groups in total. The molecule has 2 aromatic rings. The second kappa shape index (κ2) is 11.8. The van der Waals surface area contributed by atoms with E-state index in [1.807, 2.05) is 6.92 Å². The van der Waals surface area contributed by atoms with E-state index in [1.54, 1.807) is 24.3 Å². The predicted octanol–water partition coefficient (Wildman–Crippen LogP) is 2.78. The molecule has 1 amide bonds. The molecule has 0 heterocycles. The van der Waals surface area contributed by atoms with Crippen molar-refractivity contribution in [2.45, 2.75) is 26.2 Å². The summed E-state index contributed by atoms with van der Waals surface area (Å²) in [4.78, 5) is 32.1. The summed E-state index contributed by atoms with van der Waals surface area (Å²) in [6.45, 7) is 2.50. The lowest BCUT2D eigenvalue weighted by Gasteiger charge is -2.06. The zero-order valence-corrected chi connectivity index (χ0v) is 16.2. The van der Waals surface area contributed by atoms with Crippen LogP contribution in [0, 0.1) is 0 Å². The van der Waals surface area contributed by atoms with Crippen molar-refractivity contribution in [3.05, 3.63) is 42.0 Å². The van der Waals surface area contributed by atoms with Crippen LogP contribution in [-0.4, -0.2) is 50.0 Å². The van der Waals surface area contributed by atoms with Crippen LogP contribution < -0.4 is 10.1 Å². The lowest BCUT2D eigenvalue weighted by atomic mass is 10.1. The smallest absolute Gasteiger partial charge is 0.343 e. The molecule has 0 spiro atoms. The molecule has 10 heteroatoms. The summed E-state index contributed by atoms with van der Waals surface area (Å²) in [6.07, 6.45) is 0.564. The second-order valence-electron chi connectivity index (χ2n) is 5.92. The van der Waals surface area contributed by atoms with Crippen LogP contribution in [0.1, 0.15) is 36.5 Å². The lowest BCUT2D eigenvalue weighted by Crippen LogP contribution is -2.11. The van der Waals surface area contributed by atoms with Gasteiger partial charge < -0.3 is 35.6 Å². The number of rotatable bonds is 8. The van der Waals surface area contributed by atoms with Gasteiger partial charge in [-0.25, -0.2) is 4.79 Å². The summed E-state index contributed by atoms with van der Waals surface area (Å²) >= 11 is 0. The molecule has 0 saturated heterocycles. The largest absolute Gasteiger partial charge is 0.508 e. The number of carbonyl (C=O) groups excluding carboxylic acids is 1. The van der Waals surface area contributed by atoms with Gasteiger partial charge in [-0.1, -0.05) is 0 Å². The molecular weight excluding hydrogens is 398 g/mol. The topological polar surface area (TPSA) is 174 Å². The first-order valence-corrected chi connectivity index (χ1v) is 8.86. The Bertz CT molecular complexity index is 855. The van der Waals surface area contributed by atoms with Gasteiger partial charge in [0.2, 0.25) is 5.91 Å². The van der Waals surface area contributed by atoms with Crippen LogP contribution in [0.3, 0.4) is 0 Å². The quantitative estimate of drug-likeness (QED) is 0.374. The fourth-order valence-corrected chi connectivity index (χ4v) is 2.24. The monoisotopic (exact) mass is 421 g/mol. The van der Waals surface area contributed by atoms with Gasteiger partial charge in [0.05, 0.1) is 6.61 Å². The van der Waals surface area contributed by atoms with Crippen molar-refractivity contribution >= 4 is 23.5 Å². The highest BCUT2D eigenvalue weighted by Gasteiger charge is 2.16. The van der Waals surface area contributed by atoms with Crippen molar-refractivity contribution in [2.24, 2.45) is 0 Å². The van der Waals surface area contributed by atoms with Gasteiger partial charge in [0.15, 0.2) is 0 Å². The highest BCUT2D eigenvalue weighted by atomic mass is 16.5. The van der Waals surface area contributed by atoms with Gasteiger partial charge in [-0.3, -0.25) is 9.59 Å². The molecule has 0 fully saturated rings. The van der Waals surface area contributed by atoms with E-state index in [0.717, 1.165) is 17.9 Å². The molecule has 0 unspecified atom stereocenters. The maximum Gasteiger partial charge on any atom is 0.343 e. The molecule has 0 aromatic heterocycles. The molecular formula is C20H23NO9. The molecule has 10 nitrogen and oxygen atoms in total. The fourth-order valence-electron chi connectivity index (χ4n) is 2.24. The third-order valence-corrected chi connectivity index (χ3v) is 3.54. The Morgan fingerprint density at radius 3 is 1.97 bits per heavy atom. The van der Waals surface area contributed by atoms with Crippen LogP contribution in [0.5, 0.6) is 23.0 Å². The number of phenols is 3. The SMILES string of the molecule is CCOc1ccc(NC(=O)CCCC(=O)O)cc1.O=C(O)c1c(O)cc(O)cc1O. The summed E-state index contributed by atoms with van der Waals surface area (Å²) in [5.41, 5.74) is 0.0616. The maximum absolute atomic E-state index is 11.5. The number of amides is 1. The van der Waals surface area contributed by atoms with E-state index < -0.39 is 34.8 Å². The number of benzene rings is 2. The molecule has 0 radical (unpaired) electrons. The number of phenolic OH excluding ortho intramolecular Hbond substituents is 1. The summed E-state index contributed by atoms with van der Waals surface area (Å²) in [5.74, 6) is -3.49. The Balaban J connectivity index is 0.000000325. The van der Waals surface area contributed by atoms with E-state index in [2.05, 4.69) is 5.32 Å². The summed E-state index contributed by atoms with van der Waals surface area (Å²) in [6, 6.07) is 8.72. The minimum atomic E-state index is -1.45. The van der Waals surface area contributed by atoms with Crippen molar-refractivity contribution in [1.29, 1.82) is 0 Å². The maximum atomic E-state index is 11.5. The number of carboxylic acids is 2. The van der Waals surface area contributed by atoms with E-state index in [-0.39, 0.29) is 18.7 Å². The van der Waals surface area contributed by atoms with Gasteiger partial charge in [0, 0.05) is 30.7 Å². The molecule has 0 bridgehead atoms. The highest BCUT2D eigenvalue weighted by Crippen LogP contribution is 2.31. The van der Waals surface area contributed by atoms with Gasteiger partial charge in [0.1, 0.15) is 28.6 Å². The first-order valence-electron chi connectivity index (χ1n) is 8.86. The van der Waals surface area contributed by atoms with Crippen molar-refractivity contribution < 1.29 is 44.7 Å². The first-order chi connectivity index (χ1) is 14.1. The number of aromatic carboxylic acids is 1. The van der Waals surface area contributed by atoms with Gasteiger partial charge in [-0.05, 0) is 37.6 Å². The number of hydrogen-bond donors (Lipinski definition) is 6. The van der Waals surface area contributed by atoms with E-state index in [9.17, 15) is 14.4 Å². The summed E-state index contributed by atoms with van der Waals surface area (Å²) in [5, 5.41) is 46.3. The molecule has 0 saturated carbocycles. The van der Waals surface area contributed by atoms with Crippen LogP contribution >= 0.6 is 0 Å². The van der Waals surface area contributed by atoms with Gasteiger partial charge in [0.25, 0.3) is 0 Å². The molecule has 0 aliphatic carbocycles. The molecule has 2 aromatic carbocycles. The number of anilines is 1. The minimum Gasteiger partial charge on any atom is -0.508 e. The standard InChI is InChI=1S/C13H17NO4.C7H6O5/c1-2-18-11-8-6-10(7-9-11)14-12(15)4-3-5-13(16)17;8-3-1-4(9)6(7(11)12)5(10)2-3/h6-9H,2-5H2,1H3,(H,14,15)(H,16,17);1-2,8-10H,(H,11,12). The van der Waals surface area contributed by atoms with Crippen LogP contribution in [0.4, 0.5) is 5.69 Å². The molecule has 0 atom stereocenters. The third kappa shape index (κ3) is 8.38. The molecule has 2 rings (SSSR count). The number of hydrogen-bond acceptors (Lipinski definition) is 7. The Morgan fingerprint density at radius 2 is 1.50 bits per heavy atom. The van der Waals surface area contributed by atoms with E-state index in [1.165, 1.54) is 0 Å². The third-order valence-electron chi connectivity index (χ3n) is 3.54. The van der Waals surface area contributed by atoms with Crippen LogP contribution in [0.25, 0.3) is 0 Å². The van der Waals surface area contributed by atoms with E-state index in [4.69, 9.17) is 30.3 Å². The normalized spacial score (nSPS) is 9.77. The van der Waals surface area contributed by atoms with Crippen molar-refractivity contribution in [3.63, 3.8) is 0 Å². The predicted molar refractivity (Wildman–Crippen MR) is 106 cm³/mol. The van der Waals surface area contributed by atoms with E-state index >= 15 is 0 Å². The van der Waals surface area contributed by atoms with Crippen molar-refractivity contribution in [3.8, 4) is 23.0 Å². The first kappa shape index (κ1) is 24.1. The average molecular weight is 421 g/mol. The van der Waals surface area contributed by atoms with E-state index in [0.29, 0.717) is 18.7 Å². The molecule has 0 aliphatic rings. The van der Waals surface area contributed by atoms with Crippen LogP contribution in [0.2, 0.25) is 0 Å². The average Bonchev–Trinajstić information content (AvgIpc) is 2.62. The number of carboxylic acid groups (broad SMARTS) is 2. The Labute approximate surface area is 172 Å². The number of aliphatic carboxylic acids is 1. The molecule has 30 heavy (non-hydrogen) atoms. The fraction of sp³-hybridized carbons (Fsp3) is 0.250. The van der Waals surface area contributed by atoms with Crippen molar-refractivity contribution in [1.82, 2.24) is 0 Å². The van der Waals surface area contributed by atoms with Crippen molar-refractivity contribution in [2.75, 3.05) is 11.9 Å². The number of carbonyl (C=O) groups is 3. The van der Waals surface area contributed by atoms with Gasteiger partial charge in [-0.15, -0.1) is 0 Å². The number of aromatic hydroxyl groups is 3. The van der Waals surface area contributed by atoms with Gasteiger partial charge >= 0.3 is 11.9 Å². The summed E-state index contributed by atoms with van der Waals surface area (Å²) < 4.78 is 5.28. The second-order valence-corrected chi connectivity index (χ2v) is 5.92.